The molecular weight excluding hydrogens is 334 g/mol. The fraction of sp³-hybridized carbons (Fsp3) is 0.250. The topological polar surface area (TPSA) is 84.2 Å². The molecule has 4 N–H and O–H groups in total. The number of amides is 3. The quantitative estimate of drug-likeness (QED) is 0.745. The number of thiophene rings is 1. The van der Waals surface area contributed by atoms with Gasteiger partial charge >= 0.3 is 6.03 Å². The van der Waals surface area contributed by atoms with E-state index in [4.69, 9.17) is 17.3 Å². The number of carbonyl (C=O) groups excluding carboxylic acids is 2. The van der Waals surface area contributed by atoms with Gasteiger partial charge in [0, 0.05) is 9.90 Å². The number of halogens is 1. The van der Waals surface area contributed by atoms with Crippen LogP contribution in [0.2, 0.25) is 5.02 Å². The molecule has 0 unspecified atom stereocenters. The van der Waals surface area contributed by atoms with Gasteiger partial charge in [0.1, 0.15) is 0 Å². The fourth-order valence-corrected chi connectivity index (χ4v) is 3.21. The number of primary amides is 1. The van der Waals surface area contributed by atoms with Crippen molar-refractivity contribution >= 4 is 34.9 Å². The number of carbonyl (C=O) groups is 2. The van der Waals surface area contributed by atoms with Crippen molar-refractivity contribution in [1.82, 2.24) is 10.6 Å². The lowest BCUT2D eigenvalue weighted by Gasteiger charge is -2.19. The van der Waals surface area contributed by atoms with E-state index in [9.17, 15) is 9.59 Å². The maximum atomic E-state index is 12.3. The number of benzene rings is 1. The number of hydrogen-bond acceptors (Lipinski definition) is 3. The summed E-state index contributed by atoms with van der Waals surface area (Å²) in [5.41, 5.74) is 6.11. The molecule has 2 aromatic rings. The van der Waals surface area contributed by atoms with Gasteiger partial charge in [-0.2, -0.15) is 0 Å². The molecule has 3 amide bonds. The predicted octanol–water partition coefficient (Wildman–Crippen LogP) is 3.38. The Morgan fingerprint density at radius 2 is 2.04 bits per heavy atom. The van der Waals surface area contributed by atoms with E-state index in [-0.39, 0.29) is 18.4 Å². The van der Waals surface area contributed by atoms with Gasteiger partial charge in [-0.3, -0.25) is 4.79 Å². The second-order valence-corrected chi connectivity index (χ2v) is 6.54. The Kier molecular flexibility index (Phi) is 6.01. The Labute approximate surface area is 143 Å². The molecule has 2 atom stereocenters. The molecule has 2 rings (SSSR count). The minimum atomic E-state index is -0.654. The number of nitrogens with two attached hydrogens (primary N) is 1. The van der Waals surface area contributed by atoms with Crippen LogP contribution in [-0.2, 0) is 4.79 Å². The highest BCUT2D eigenvalue weighted by atomic mass is 35.5. The number of hydrogen-bond donors (Lipinski definition) is 3. The third-order valence-electron chi connectivity index (χ3n) is 3.32. The zero-order valence-corrected chi connectivity index (χ0v) is 14.2. The van der Waals surface area contributed by atoms with Crippen LogP contribution in [0.4, 0.5) is 4.79 Å². The number of rotatable bonds is 6. The highest BCUT2D eigenvalue weighted by Gasteiger charge is 2.19. The zero-order chi connectivity index (χ0) is 16.8. The number of nitrogens with one attached hydrogen (secondary N) is 2. The van der Waals surface area contributed by atoms with E-state index in [1.807, 2.05) is 42.6 Å². The van der Waals surface area contributed by atoms with Crippen LogP contribution in [0.5, 0.6) is 0 Å². The summed E-state index contributed by atoms with van der Waals surface area (Å²) in [6.45, 7) is 1.88. The second kappa shape index (κ2) is 7.99. The molecule has 23 heavy (non-hydrogen) atoms. The third kappa shape index (κ3) is 5.26. The molecule has 0 radical (unpaired) electrons. The first-order chi connectivity index (χ1) is 11.0. The van der Waals surface area contributed by atoms with E-state index >= 15 is 0 Å². The molecule has 1 heterocycles. The van der Waals surface area contributed by atoms with E-state index in [0.29, 0.717) is 5.02 Å². The minimum Gasteiger partial charge on any atom is -0.352 e. The molecule has 0 saturated carbocycles. The van der Waals surface area contributed by atoms with Crippen LogP contribution < -0.4 is 16.4 Å². The summed E-state index contributed by atoms with van der Waals surface area (Å²) in [6, 6.07) is 9.78. The summed E-state index contributed by atoms with van der Waals surface area (Å²) in [6.07, 6.45) is 0.119. The summed E-state index contributed by atoms with van der Waals surface area (Å²) < 4.78 is 0. The van der Waals surface area contributed by atoms with Crippen molar-refractivity contribution in [3.05, 3.63) is 57.2 Å². The minimum absolute atomic E-state index is 0.119. The average molecular weight is 352 g/mol. The summed E-state index contributed by atoms with van der Waals surface area (Å²) >= 11 is 7.43. The Hall–Kier alpha value is -2.05. The van der Waals surface area contributed by atoms with Gasteiger partial charge in [-0.05, 0) is 36.1 Å². The van der Waals surface area contributed by atoms with Crippen molar-refractivity contribution in [1.29, 1.82) is 0 Å². The van der Waals surface area contributed by atoms with Crippen LogP contribution in [-0.4, -0.2) is 11.9 Å². The molecule has 1 aromatic heterocycles. The lowest BCUT2D eigenvalue weighted by molar-refractivity contribution is -0.122. The number of urea groups is 1. The molecular formula is C16H18ClN3O2S. The van der Waals surface area contributed by atoms with Gasteiger partial charge in [0.05, 0.1) is 18.5 Å². The van der Waals surface area contributed by atoms with Crippen molar-refractivity contribution in [2.45, 2.75) is 25.4 Å². The van der Waals surface area contributed by atoms with Gasteiger partial charge in [-0.25, -0.2) is 4.79 Å². The maximum Gasteiger partial charge on any atom is 0.312 e. The summed E-state index contributed by atoms with van der Waals surface area (Å²) in [5.74, 6) is -0.176. The second-order valence-electron chi connectivity index (χ2n) is 5.12. The summed E-state index contributed by atoms with van der Waals surface area (Å²) in [4.78, 5) is 24.3. The largest absolute Gasteiger partial charge is 0.352 e. The van der Waals surface area contributed by atoms with Gasteiger partial charge in [0.2, 0.25) is 5.91 Å². The highest BCUT2D eigenvalue weighted by molar-refractivity contribution is 7.10. The Morgan fingerprint density at radius 1 is 1.26 bits per heavy atom. The molecule has 122 valence electrons. The molecule has 0 aliphatic heterocycles. The smallest absolute Gasteiger partial charge is 0.312 e. The SMILES string of the molecule is C[C@@H](NC(=O)C[C@@H](NC(N)=O)c1cccs1)c1cccc(Cl)c1. The van der Waals surface area contributed by atoms with Crippen molar-refractivity contribution in [3.63, 3.8) is 0 Å². The van der Waals surface area contributed by atoms with E-state index in [1.54, 1.807) is 6.07 Å². The lowest BCUT2D eigenvalue weighted by atomic mass is 10.1. The van der Waals surface area contributed by atoms with Gasteiger partial charge in [0.15, 0.2) is 0 Å². The highest BCUT2D eigenvalue weighted by Crippen LogP contribution is 2.23. The van der Waals surface area contributed by atoms with E-state index in [2.05, 4.69) is 10.6 Å². The molecule has 0 spiro atoms. The molecule has 0 aliphatic rings. The Bertz CT molecular complexity index is 676. The predicted molar refractivity (Wildman–Crippen MR) is 92.4 cm³/mol. The van der Waals surface area contributed by atoms with Crippen LogP contribution >= 0.6 is 22.9 Å². The van der Waals surface area contributed by atoms with Crippen molar-refractivity contribution in [3.8, 4) is 0 Å². The van der Waals surface area contributed by atoms with Crippen molar-refractivity contribution in [2.24, 2.45) is 5.73 Å². The van der Waals surface area contributed by atoms with Crippen molar-refractivity contribution in [2.75, 3.05) is 0 Å². The molecule has 0 fully saturated rings. The van der Waals surface area contributed by atoms with Crippen LogP contribution in [0.3, 0.4) is 0 Å². The molecule has 0 bridgehead atoms. The lowest BCUT2D eigenvalue weighted by Crippen LogP contribution is -2.36. The average Bonchev–Trinajstić information content (AvgIpc) is 3.00. The zero-order valence-electron chi connectivity index (χ0n) is 12.6. The van der Waals surface area contributed by atoms with E-state index < -0.39 is 12.1 Å². The third-order valence-corrected chi connectivity index (χ3v) is 4.54. The normalized spacial score (nSPS) is 13.1. The fourth-order valence-electron chi connectivity index (χ4n) is 2.23. The molecule has 1 aromatic carbocycles. The molecule has 0 saturated heterocycles. The monoisotopic (exact) mass is 351 g/mol. The van der Waals surface area contributed by atoms with Crippen molar-refractivity contribution < 1.29 is 9.59 Å². The van der Waals surface area contributed by atoms with Crippen LogP contribution in [0.25, 0.3) is 0 Å². The van der Waals surface area contributed by atoms with E-state index in [0.717, 1.165) is 10.4 Å². The first-order valence-electron chi connectivity index (χ1n) is 7.10. The van der Waals surface area contributed by atoms with Gasteiger partial charge in [0.25, 0.3) is 0 Å². The van der Waals surface area contributed by atoms with Crippen LogP contribution in [0, 0.1) is 0 Å². The van der Waals surface area contributed by atoms with Gasteiger partial charge in [-0.1, -0.05) is 29.8 Å². The maximum absolute atomic E-state index is 12.3. The molecule has 7 heteroatoms. The summed E-state index contributed by atoms with van der Waals surface area (Å²) in [5, 5.41) is 8.01. The first kappa shape index (κ1) is 17.3. The van der Waals surface area contributed by atoms with E-state index in [1.165, 1.54) is 11.3 Å². The van der Waals surface area contributed by atoms with Crippen LogP contribution in [0.1, 0.15) is 35.9 Å². The summed E-state index contributed by atoms with van der Waals surface area (Å²) in [7, 11) is 0. The van der Waals surface area contributed by atoms with Gasteiger partial charge in [-0.15, -0.1) is 11.3 Å². The van der Waals surface area contributed by atoms with Crippen LogP contribution in [0.15, 0.2) is 41.8 Å². The molecule has 0 aliphatic carbocycles. The Balaban J connectivity index is 2.00. The first-order valence-corrected chi connectivity index (χ1v) is 8.35. The standard InChI is InChI=1S/C16H18ClN3O2S/c1-10(11-4-2-5-12(17)8-11)19-15(21)9-13(20-16(18)22)14-6-3-7-23-14/h2-8,10,13H,9H2,1H3,(H,19,21)(H3,18,20,22)/t10-,13-/m1/s1. The Morgan fingerprint density at radius 3 is 2.65 bits per heavy atom. The molecule has 5 nitrogen and oxygen atoms in total. The van der Waals surface area contributed by atoms with Gasteiger partial charge < -0.3 is 16.4 Å².